The number of nitrogens with zero attached hydrogens (tertiary/aromatic N) is 1. The fraction of sp³-hybridized carbons (Fsp3) is 0.0952. The number of aromatic carboxylic acids is 1. The van der Waals surface area contributed by atoms with E-state index in [1.54, 1.807) is 54.7 Å². The SMILES string of the molecule is NCc1ccnc(Oc2cccc(C(=O)NCc3cccc(C(=O)O)c3)c2)c1. The second kappa shape index (κ2) is 8.79. The summed E-state index contributed by atoms with van der Waals surface area (Å²) in [6.07, 6.45) is 1.61. The van der Waals surface area contributed by atoms with Gasteiger partial charge >= 0.3 is 5.97 Å². The number of amides is 1. The van der Waals surface area contributed by atoms with E-state index < -0.39 is 5.97 Å². The Morgan fingerprint density at radius 3 is 2.57 bits per heavy atom. The molecule has 0 radical (unpaired) electrons. The van der Waals surface area contributed by atoms with Gasteiger partial charge in [0.2, 0.25) is 5.88 Å². The van der Waals surface area contributed by atoms with Crippen LogP contribution in [0.4, 0.5) is 0 Å². The summed E-state index contributed by atoms with van der Waals surface area (Å²) in [5.41, 5.74) is 7.80. The third kappa shape index (κ3) is 4.93. The van der Waals surface area contributed by atoms with Gasteiger partial charge in [-0.3, -0.25) is 4.79 Å². The van der Waals surface area contributed by atoms with Crippen molar-refractivity contribution in [1.29, 1.82) is 0 Å². The molecule has 3 rings (SSSR count). The smallest absolute Gasteiger partial charge is 0.335 e. The molecule has 1 heterocycles. The van der Waals surface area contributed by atoms with Crippen molar-refractivity contribution < 1.29 is 19.4 Å². The maximum absolute atomic E-state index is 12.4. The summed E-state index contributed by atoms with van der Waals surface area (Å²) in [6, 6.07) is 16.7. The number of carbonyl (C=O) groups excluding carboxylic acids is 1. The third-order valence-corrected chi connectivity index (χ3v) is 3.98. The first-order valence-electron chi connectivity index (χ1n) is 8.58. The number of rotatable bonds is 7. The molecule has 0 aliphatic heterocycles. The molecule has 7 nitrogen and oxygen atoms in total. The first-order valence-corrected chi connectivity index (χ1v) is 8.58. The van der Waals surface area contributed by atoms with Gasteiger partial charge in [-0.1, -0.05) is 18.2 Å². The molecule has 4 N–H and O–H groups in total. The number of aromatic nitrogens is 1. The van der Waals surface area contributed by atoms with E-state index in [1.165, 1.54) is 12.1 Å². The Bertz CT molecular complexity index is 1000. The van der Waals surface area contributed by atoms with Crippen molar-refractivity contribution >= 4 is 11.9 Å². The van der Waals surface area contributed by atoms with Crippen LogP contribution in [0.2, 0.25) is 0 Å². The number of hydrogen-bond donors (Lipinski definition) is 3. The molecule has 3 aromatic rings. The minimum Gasteiger partial charge on any atom is -0.478 e. The summed E-state index contributed by atoms with van der Waals surface area (Å²) in [5.74, 6) is -0.437. The fourth-order valence-corrected chi connectivity index (χ4v) is 2.55. The van der Waals surface area contributed by atoms with E-state index in [9.17, 15) is 9.59 Å². The van der Waals surface area contributed by atoms with Crippen LogP contribution in [0.3, 0.4) is 0 Å². The van der Waals surface area contributed by atoms with E-state index in [0.717, 1.165) is 5.56 Å². The van der Waals surface area contributed by atoms with Crippen molar-refractivity contribution in [1.82, 2.24) is 10.3 Å². The van der Waals surface area contributed by atoms with Crippen molar-refractivity contribution in [2.45, 2.75) is 13.1 Å². The Balaban J connectivity index is 1.66. The Kier molecular flexibility index (Phi) is 5.98. The minimum absolute atomic E-state index is 0.175. The lowest BCUT2D eigenvalue weighted by atomic mass is 10.1. The molecule has 7 heteroatoms. The molecule has 142 valence electrons. The van der Waals surface area contributed by atoms with E-state index in [4.69, 9.17) is 15.6 Å². The van der Waals surface area contributed by atoms with Crippen LogP contribution in [-0.2, 0) is 13.1 Å². The number of nitrogens with two attached hydrogens (primary N) is 1. The van der Waals surface area contributed by atoms with Gasteiger partial charge in [-0.25, -0.2) is 9.78 Å². The molecule has 0 aliphatic rings. The number of nitrogens with one attached hydrogen (secondary N) is 1. The summed E-state index contributed by atoms with van der Waals surface area (Å²) in [7, 11) is 0. The highest BCUT2D eigenvalue weighted by Gasteiger charge is 2.09. The van der Waals surface area contributed by atoms with Gasteiger partial charge < -0.3 is 20.9 Å². The van der Waals surface area contributed by atoms with E-state index in [-0.39, 0.29) is 18.0 Å². The van der Waals surface area contributed by atoms with Crippen molar-refractivity contribution in [2.75, 3.05) is 0 Å². The average Bonchev–Trinajstić information content (AvgIpc) is 2.72. The maximum Gasteiger partial charge on any atom is 0.335 e. The second-order valence-corrected chi connectivity index (χ2v) is 6.02. The zero-order valence-corrected chi connectivity index (χ0v) is 15.0. The zero-order valence-electron chi connectivity index (χ0n) is 15.0. The standard InChI is InChI=1S/C21H19N3O4/c22-12-14-7-8-23-19(10-14)28-18-6-2-4-16(11-18)20(25)24-13-15-3-1-5-17(9-15)21(26)27/h1-11H,12-13,22H2,(H,24,25)(H,26,27). The highest BCUT2D eigenvalue weighted by Crippen LogP contribution is 2.21. The topological polar surface area (TPSA) is 115 Å². The van der Waals surface area contributed by atoms with Crippen molar-refractivity contribution in [3.05, 3.63) is 89.1 Å². The van der Waals surface area contributed by atoms with Gasteiger partial charge in [0.1, 0.15) is 5.75 Å². The first-order chi connectivity index (χ1) is 13.5. The quantitative estimate of drug-likeness (QED) is 0.583. The van der Waals surface area contributed by atoms with Gasteiger partial charge in [0, 0.05) is 30.9 Å². The predicted molar refractivity (Wildman–Crippen MR) is 103 cm³/mol. The summed E-state index contributed by atoms with van der Waals surface area (Å²) in [5, 5.41) is 11.8. The summed E-state index contributed by atoms with van der Waals surface area (Å²) in [6.45, 7) is 0.593. The average molecular weight is 377 g/mol. The Labute approximate surface area is 161 Å². The highest BCUT2D eigenvalue weighted by atomic mass is 16.5. The van der Waals surface area contributed by atoms with Gasteiger partial charge in [0.05, 0.1) is 5.56 Å². The Morgan fingerprint density at radius 2 is 1.79 bits per heavy atom. The molecule has 0 saturated carbocycles. The predicted octanol–water partition coefficient (Wildman–Crippen LogP) is 2.96. The van der Waals surface area contributed by atoms with Gasteiger partial charge in [-0.2, -0.15) is 0 Å². The van der Waals surface area contributed by atoms with Gasteiger partial charge in [0.15, 0.2) is 0 Å². The fourth-order valence-electron chi connectivity index (χ4n) is 2.55. The molecule has 0 spiro atoms. The molecule has 0 aliphatic carbocycles. The first kappa shape index (κ1) is 19.1. The van der Waals surface area contributed by atoms with Crippen LogP contribution in [-0.4, -0.2) is 22.0 Å². The lowest BCUT2D eigenvalue weighted by Crippen LogP contribution is -2.22. The van der Waals surface area contributed by atoms with Crippen LogP contribution < -0.4 is 15.8 Å². The Hall–Kier alpha value is -3.71. The van der Waals surface area contributed by atoms with E-state index in [0.29, 0.717) is 29.3 Å². The molecule has 0 unspecified atom stereocenters. The number of benzene rings is 2. The number of ether oxygens (including phenoxy) is 1. The van der Waals surface area contributed by atoms with Crippen molar-refractivity contribution in [2.24, 2.45) is 5.73 Å². The minimum atomic E-state index is -1.01. The second-order valence-electron chi connectivity index (χ2n) is 6.02. The molecular formula is C21H19N3O4. The van der Waals surface area contributed by atoms with E-state index >= 15 is 0 Å². The van der Waals surface area contributed by atoms with Crippen LogP contribution in [0.25, 0.3) is 0 Å². The monoisotopic (exact) mass is 377 g/mol. The van der Waals surface area contributed by atoms with Crippen LogP contribution in [0.1, 0.15) is 31.8 Å². The largest absolute Gasteiger partial charge is 0.478 e. The van der Waals surface area contributed by atoms with Crippen LogP contribution in [0.15, 0.2) is 66.9 Å². The van der Waals surface area contributed by atoms with Gasteiger partial charge in [0.25, 0.3) is 5.91 Å². The molecular weight excluding hydrogens is 358 g/mol. The lowest BCUT2D eigenvalue weighted by molar-refractivity contribution is 0.0696. The van der Waals surface area contributed by atoms with E-state index in [2.05, 4.69) is 10.3 Å². The highest BCUT2D eigenvalue weighted by molar-refractivity contribution is 5.94. The van der Waals surface area contributed by atoms with Crippen LogP contribution in [0, 0.1) is 0 Å². The van der Waals surface area contributed by atoms with Crippen LogP contribution >= 0.6 is 0 Å². The Morgan fingerprint density at radius 1 is 1.00 bits per heavy atom. The number of hydrogen-bond acceptors (Lipinski definition) is 5. The zero-order chi connectivity index (χ0) is 19.9. The normalized spacial score (nSPS) is 10.3. The molecule has 0 fully saturated rings. The molecule has 1 amide bonds. The summed E-state index contributed by atoms with van der Waals surface area (Å²) < 4.78 is 5.70. The van der Waals surface area contributed by atoms with Crippen LogP contribution in [0.5, 0.6) is 11.6 Å². The number of carboxylic acid groups (broad SMARTS) is 1. The molecule has 1 aromatic heterocycles. The molecule has 0 atom stereocenters. The number of pyridine rings is 1. The van der Waals surface area contributed by atoms with E-state index in [1.807, 2.05) is 0 Å². The van der Waals surface area contributed by atoms with Crippen molar-refractivity contribution in [3.63, 3.8) is 0 Å². The molecule has 0 saturated heterocycles. The lowest BCUT2D eigenvalue weighted by Gasteiger charge is -2.09. The van der Waals surface area contributed by atoms with Gasteiger partial charge in [-0.15, -0.1) is 0 Å². The number of carboxylic acids is 1. The third-order valence-electron chi connectivity index (χ3n) is 3.98. The van der Waals surface area contributed by atoms with Crippen molar-refractivity contribution in [3.8, 4) is 11.6 Å². The molecule has 28 heavy (non-hydrogen) atoms. The maximum atomic E-state index is 12.4. The summed E-state index contributed by atoms with van der Waals surface area (Å²) >= 11 is 0. The number of carbonyl (C=O) groups is 2. The van der Waals surface area contributed by atoms with Gasteiger partial charge in [-0.05, 0) is 47.5 Å². The molecule has 2 aromatic carbocycles. The molecule has 0 bridgehead atoms. The summed E-state index contributed by atoms with van der Waals surface area (Å²) in [4.78, 5) is 27.6.